The molecule has 6 heteroatoms. The van der Waals surface area contributed by atoms with Crippen LogP contribution in [0.5, 0.6) is 0 Å². The highest BCUT2D eigenvalue weighted by Gasteiger charge is 2.24. The standard InChI is InChI=1S/C13H17NO4S/c1-3-14-8-7-11-10(9-18-19(2,16)17)5-4-6-12(11)13(14)15/h4-6H,3,7-9H2,1-2H3. The second kappa shape index (κ2) is 5.30. The van der Waals surface area contributed by atoms with Gasteiger partial charge in [-0.1, -0.05) is 12.1 Å². The highest BCUT2D eigenvalue weighted by molar-refractivity contribution is 7.85. The molecule has 0 aromatic heterocycles. The molecule has 0 unspecified atom stereocenters. The topological polar surface area (TPSA) is 63.7 Å². The van der Waals surface area contributed by atoms with E-state index in [9.17, 15) is 13.2 Å². The van der Waals surface area contributed by atoms with E-state index in [0.717, 1.165) is 23.8 Å². The fourth-order valence-electron chi connectivity index (χ4n) is 2.26. The van der Waals surface area contributed by atoms with Crippen LogP contribution in [0.1, 0.15) is 28.4 Å². The van der Waals surface area contributed by atoms with Crippen molar-refractivity contribution in [2.75, 3.05) is 19.3 Å². The monoisotopic (exact) mass is 283 g/mol. The van der Waals surface area contributed by atoms with Crippen LogP contribution in [-0.4, -0.2) is 38.6 Å². The normalized spacial score (nSPS) is 15.5. The van der Waals surface area contributed by atoms with Crippen molar-refractivity contribution < 1.29 is 17.4 Å². The largest absolute Gasteiger partial charge is 0.339 e. The molecule has 0 atom stereocenters. The molecule has 0 bridgehead atoms. The zero-order valence-corrected chi connectivity index (χ0v) is 11.9. The van der Waals surface area contributed by atoms with Crippen LogP contribution in [0.3, 0.4) is 0 Å². The molecule has 5 nitrogen and oxygen atoms in total. The van der Waals surface area contributed by atoms with Gasteiger partial charge in [0.25, 0.3) is 16.0 Å². The average molecular weight is 283 g/mol. The first-order valence-electron chi connectivity index (χ1n) is 6.17. The third-order valence-corrected chi connectivity index (χ3v) is 3.78. The molecule has 1 aliphatic rings. The lowest BCUT2D eigenvalue weighted by atomic mass is 9.94. The number of likely N-dealkylation sites (N-methyl/N-ethyl adjacent to an activating group) is 1. The van der Waals surface area contributed by atoms with Crippen molar-refractivity contribution in [1.82, 2.24) is 4.90 Å². The van der Waals surface area contributed by atoms with Gasteiger partial charge in [0.2, 0.25) is 0 Å². The van der Waals surface area contributed by atoms with Crippen molar-refractivity contribution in [3.8, 4) is 0 Å². The van der Waals surface area contributed by atoms with E-state index in [2.05, 4.69) is 0 Å². The Bertz CT molecular complexity index is 595. The zero-order chi connectivity index (χ0) is 14.0. The first kappa shape index (κ1) is 14.0. The average Bonchev–Trinajstić information content (AvgIpc) is 2.36. The Balaban J connectivity index is 2.29. The van der Waals surface area contributed by atoms with E-state index in [1.807, 2.05) is 6.92 Å². The highest BCUT2D eigenvalue weighted by Crippen LogP contribution is 2.23. The summed E-state index contributed by atoms with van der Waals surface area (Å²) in [7, 11) is -3.47. The molecule has 19 heavy (non-hydrogen) atoms. The molecule has 104 valence electrons. The number of rotatable bonds is 4. The third-order valence-electron chi connectivity index (χ3n) is 3.23. The van der Waals surface area contributed by atoms with Gasteiger partial charge < -0.3 is 4.90 Å². The summed E-state index contributed by atoms with van der Waals surface area (Å²) in [5.74, 6) is 0.00459. The minimum absolute atomic E-state index is 0.00459. The van der Waals surface area contributed by atoms with E-state index < -0.39 is 10.1 Å². The second-order valence-corrected chi connectivity index (χ2v) is 6.19. The van der Waals surface area contributed by atoms with Crippen LogP contribution in [0.15, 0.2) is 18.2 Å². The number of nitrogens with zero attached hydrogens (tertiary/aromatic N) is 1. The van der Waals surface area contributed by atoms with Crippen molar-refractivity contribution in [2.45, 2.75) is 20.0 Å². The third kappa shape index (κ3) is 3.13. The zero-order valence-electron chi connectivity index (χ0n) is 11.0. The molecule has 0 fully saturated rings. The molecule has 2 rings (SSSR count). The van der Waals surface area contributed by atoms with Gasteiger partial charge in [-0.3, -0.25) is 8.98 Å². The first-order chi connectivity index (χ1) is 8.92. The predicted octanol–water partition coefficient (Wildman–Crippen LogP) is 1.18. The molecule has 0 aliphatic carbocycles. The summed E-state index contributed by atoms with van der Waals surface area (Å²) in [6.45, 7) is 3.28. The van der Waals surface area contributed by atoms with Gasteiger partial charge in [-0.2, -0.15) is 8.42 Å². The van der Waals surface area contributed by atoms with E-state index in [-0.39, 0.29) is 12.5 Å². The first-order valence-corrected chi connectivity index (χ1v) is 7.98. The number of benzene rings is 1. The van der Waals surface area contributed by atoms with E-state index in [4.69, 9.17) is 4.18 Å². The fourth-order valence-corrected chi connectivity index (χ4v) is 2.60. The van der Waals surface area contributed by atoms with Crippen molar-refractivity contribution in [1.29, 1.82) is 0 Å². The molecule has 1 aromatic rings. The second-order valence-electron chi connectivity index (χ2n) is 4.54. The number of fused-ring (bicyclic) bond motifs is 1. The molecule has 1 aromatic carbocycles. The predicted molar refractivity (Wildman–Crippen MR) is 71.4 cm³/mol. The summed E-state index contributed by atoms with van der Waals surface area (Å²) in [5.41, 5.74) is 2.33. The SMILES string of the molecule is CCN1CCc2c(COS(C)(=O)=O)cccc2C1=O. The minimum atomic E-state index is -3.47. The lowest BCUT2D eigenvalue weighted by molar-refractivity contribution is 0.0748. The van der Waals surface area contributed by atoms with Crippen molar-refractivity contribution >= 4 is 16.0 Å². The molecule has 0 saturated carbocycles. The highest BCUT2D eigenvalue weighted by atomic mass is 32.2. The Morgan fingerprint density at radius 1 is 1.37 bits per heavy atom. The maximum Gasteiger partial charge on any atom is 0.264 e. The molecular formula is C13H17NO4S. The molecule has 1 heterocycles. The molecule has 0 spiro atoms. The van der Waals surface area contributed by atoms with Crippen molar-refractivity contribution in [3.63, 3.8) is 0 Å². The summed E-state index contributed by atoms with van der Waals surface area (Å²) in [4.78, 5) is 13.9. The van der Waals surface area contributed by atoms with Crippen LogP contribution in [0.4, 0.5) is 0 Å². The Kier molecular flexibility index (Phi) is 3.91. The van der Waals surface area contributed by atoms with E-state index in [1.165, 1.54) is 0 Å². The summed E-state index contributed by atoms with van der Waals surface area (Å²) in [5, 5.41) is 0. The summed E-state index contributed by atoms with van der Waals surface area (Å²) >= 11 is 0. The van der Waals surface area contributed by atoms with Crippen LogP contribution >= 0.6 is 0 Å². The molecular weight excluding hydrogens is 266 g/mol. The van der Waals surface area contributed by atoms with Gasteiger partial charge in [-0.25, -0.2) is 0 Å². The molecule has 0 N–H and O–H groups in total. The number of carbonyl (C=O) groups excluding carboxylic acids is 1. The quantitative estimate of drug-likeness (QED) is 0.778. The van der Waals surface area contributed by atoms with Gasteiger partial charge >= 0.3 is 0 Å². The lowest BCUT2D eigenvalue weighted by Crippen LogP contribution is -2.37. The van der Waals surface area contributed by atoms with Crippen LogP contribution < -0.4 is 0 Å². The number of amides is 1. The Hall–Kier alpha value is -1.40. The van der Waals surface area contributed by atoms with Crippen molar-refractivity contribution in [2.24, 2.45) is 0 Å². The van der Waals surface area contributed by atoms with Gasteiger partial charge in [0.1, 0.15) is 0 Å². The maximum absolute atomic E-state index is 12.2. The van der Waals surface area contributed by atoms with Gasteiger partial charge in [0.15, 0.2) is 0 Å². The van der Waals surface area contributed by atoms with Crippen molar-refractivity contribution in [3.05, 3.63) is 34.9 Å². The van der Waals surface area contributed by atoms with Crippen LogP contribution in [-0.2, 0) is 27.3 Å². The summed E-state index contributed by atoms with van der Waals surface area (Å²) < 4.78 is 26.9. The lowest BCUT2D eigenvalue weighted by Gasteiger charge is -2.28. The van der Waals surface area contributed by atoms with E-state index in [1.54, 1.807) is 23.1 Å². The number of hydrogen-bond acceptors (Lipinski definition) is 4. The van der Waals surface area contributed by atoms with Gasteiger partial charge in [0, 0.05) is 18.7 Å². The van der Waals surface area contributed by atoms with Gasteiger partial charge in [0.05, 0.1) is 12.9 Å². The minimum Gasteiger partial charge on any atom is -0.339 e. The molecule has 1 aliphatic heterocycles. The van der Waals surface area contributed by atoms with E-state index >= 15 is 0 Å². The fraction of sp³-hybridized carbons (Fsp3) is 0.462. The molecule has 0 saturated heterocycles. The Labute approximate surface area is 113 Å². The van der Waals surface area contributed by atoms with Crippen LogP contribution in [0.2, 0.25) is 0 Å². The maximum atomic E-state index is 12.2. The molecule has 1 amide bonds. The molecule has 0 radical (unpaired) electrons. The Morgan fingerprint density at radius 2 is 2.11 bits per heavy atom. The van der Waals surface area contributed by atoms with Crippen LogP contribution in [0.25, 0.3) is 0 Å². The summed E-state index contributed by atoms with van der Waals surface area (Å²) in [6, 6.07) is 5.35. The van der Waals surface area contributed by atoms with Gasteiger partial charge in [-0.15, -0.1) is 0 Å². The van der Waals surface area contributed by atoms with Crippen LogP contribution in [0, 0.1) is 0 Å². The Morgan fingerprint density at radius 3 is 2.74 bits per heavy atom. The number of carbonyl (C=O) groups is 1. The van der Waals surface area contributed by atoms with Gasteiger partial charge in [-0.05, 0) is 30.5 Å². The van der Waals surface area contributed by atoms with E-state index in [0.29, 0.717) is 18.7 Å². The number of hydrogen-bond donors (Lipinski definition) is 0. The summed E-state index contributed by atoms with van der Waals surface area (Å²) in [6.07, 6.45) is 1.75. The smallest absolute Gasteiger partial charge is 0.264 e.